The monoisotopic (exact) mass is 480 g/mol. The summed E-state index contributed by atoms with van der Waals surface area (Å²) >= 11 is 6.04. The second kappa shape index (κ2) is 15.0. The fourth-order valence-corrected chi connectivity index (χ4v) is 3.82. The number of hydrogen-bond acceptors (Lipinski definition) is 2. The maximum atomic E-state index is 11.6. The highest BCUT2D eigenvalue weighted by atomic mass is 35.5. The van der Waals surface area contributed by atoms with Crippen molar-refractivity contribution in [1.29, 1.82) is 0 Å². The number of aliphatic carboxylic acids is 1. The molecule has 2 aromatic carbocycles. The second-order valence-electron chi connectivity index (χ2n) is 7.40. The lowest BCUT2D eigenvalue weighted by Gasteiger charge is -2.14. The molecule has 2 N–H and O–H groups in total. The molecule has 0 aliphatic heterocycles. The topological polar surface area (TPSA) is 57.5 Å². The Morgan fingerprint density at radius 2 is 1.65 bits per heavy atom. The molecule has 0 spiro atoms. The van der Waals surface area contributed by atoms with Gasteiger partial charge in [0.2, 0.25) is 0 Å². The molecule has 2 aromatic rings. The Balaban J connectivity index is 0.00000137. The zero-order chi connectivity index (χ0) is 25.7. The van der Waals surface area contributed by atoms with E-state index >= 15 is 0 Å². The van der Waals surface area contributed by atoms with E-state index in [-0.39, 0.29) is 11.3 Å². The summed E-state index contributed by atoms with van der Waals surface area (Å²) in [6.45, 7) is 11.8. The van der Waals surface area contributed by atoms with Gasteiger partial charge >= 0.3 is 5.97 Å². The van der Waals surface area contributed by atoms with Crippen LogP contribution in [0.1, 0.15) is 70.6 Å². The van der Waals surface area contributed by atoms with Crippen molar-refractivity contribution >= 4 is 28.7 Å². The minimum Gasteiger partial charge on any atom is -0.507 e. The Bertz CT molecular complexity index is 1070. The smallest absolute Gasteiger partial charge is 0.335 e. The van der Waals surface area contributed by atoms with Gasteiger partial charge in [0.15, 0.2) is 0 Å². The predicted octanol–water partition coefficient (Wildman–Crippen LogP) is 9.01. The van der Waals surface area contributed by atoms with Crippen molar-refractivity contribution in [2.24, 2.45) is 0 Å². The van der Waals surface area contributed by atoms with Gasteiger partial charge in [-0.05, 0) is 79.7 Å². The molecule has 0 bridgehead atoms. The Labute approximate surface area is 209 Å². The molecule has 0 atom stereocenters. The average Bonchev–Trinajstić information content (AvgIpc) is 3.04. The summed E-state index contributed by atoms with van der Waals surface area (Å²) < 4.78 is 0. The molecule has 3 rings (SSSR count). The Morgan fingerprint density at radius 1 is 1.00 bits per heavy atom. The van der Waals surface area contributed by atoms with Crippen molar-refractivity contribution in [1.82, 2.24) is 0 Å². The number of carbonyl (C=O) groups is 1. The number of rotatable bonds is 5. The number of carboxylic acid groups (broad SMARTS) is 1. The fraction of sp³-hybridized carbons (Fsp3) is 0.300. The number of halogens is 1. The van der Waals surface area contributed by atoms with Gasteiger partial charge in [-0.2, -0.15) is 0 Å². The van der Waals surface area contributed by atoms with Gasteiger partial charge in [-0.25, -0.2) is 4.79 Å². The van der Waals surface area contributed by atoms with Crippen LogP contribution in [-0.4, -0.2) is 16.2 Å². The van der Waals surface area contributed by atoms with Crippen LogP contribution >= 0.6 is 11.6 Å². The van der Waals surface area contributed by atoms with E-state index in [0.717, 1.165) is 52.7 Å². The Hall–Kier alpha value is -3.04. The molecule has 0 radical (unpaired) electrons. The van der Waals surface area contributed by atoms with E-state index in [2.05, 4.69) is 24.3 Å². The van der Waals surface area contributed by atoms with Crippen molar-refractivity contribution in [3.63, 3.8) is 0 Å². The molecule has 3 nitrogen and oxygen atoms in total. The van der Waals surface area contributed by atoms with Crippen LogP contribution in [0, 0.1) is 6.92 Å². The van der Waals surface area contributed by atoms with Crippen LogP contribution in [0.5, 0.6) is 5.75 Å². The lowest BCUT2D eigenvalue weighted by Crippen LogP contribution is -1.98. The molecule has 0 heterocycles. The van der Waals surface area contributed by atoms with Crippen molar-refractivity contribution in [2.75, 3.05) is 0 Å². The second-order valence-corrected chi connectivity index (χ2v) is 7.83. The summed E-state index contributed by atoms with van der Waals surface area (Å²) in [5, 5.41) is 20.6. The molecule has 1 aliphatic rings. The van der Waals surface area contributed by atoms with Crippen LogP contribution in [0.25, 0.3) is 11.1 Å². The molecular formula is C30H37ClO3. The third-order valence-electron chi connectivity index (χ3n) is 5.13. The number of phenolic OH excluding ortho intramolecular Hbond substituents is 1. The van der Waals surface area contributed by atoms with Gasteiger partial charge in [-0.15, -0.1) is 0 Å². The highest BCUT2D eigenvalue weighted by Crippen LogP contribution is 2.40. The lowest BCUT2D eigenvalue weighted by molar-refractivity contribution is -0.132. The SMILES string of the molecule is C/C=C\C(=C/C1=CC(c2ccc(C)cc2)=C(c2ccc(Cl)cc2O)CCC1)C(=O)O.CC.CC. The third kappa shape index (κ3) is 8.07. The number of aryl methyl sites for hydroxylation is 1. The van der Waals surface area contributed by atoms with E-state index < -0.39 is 5.97 Å². The van der Waals surface area contributed by atoms with E-state index in [0.29, 0.717) is 5.02 Å². The largest absolute Gasteiger partial charge is 0.507 e. The van der Waals surface area contributed by atoms with E-state index in [4.69, 9.17) is 11.6 Å². The maximum Gasteiger partial charge on any atom is 0.335 e. The van der Waals surface area contributed by atoms with Gasteiger partial charge in [0.05, 0.1) is 5.57 Å². The summed E-state index contributed by atoms with van der Waals surface area (Å²) in [6.07, 6.45) is 9.48. The first kappa shape index (κ1) is 29.0. The number of hydrogen-bond donors (Lipinski definition) is 2. The molecule has 0 unspecified atom stereocenters. The number of benzene rings is 2. The first-order valence-corrected chi connectivity index (χ1v) is 12.3. The van der Waals surface area contributed by atoms with Crippen molar-refractivity contribution in [2.45, 2.75) is 60.8 Å². The van der Waals surface area contributed by atoms with Gasteiger partial charge in [0.1, 0.15) is 5.75 Å². The lowest BCUT2D eigenvalue weighted by atomic mass is 9.91. The maximum absolute atomic E-state index is 11.6. The van der Waals surface area contributed by atoms with Crippen LogP contribution in [0.2, 0.25) is 5.02 Å². The molecule has 0 fully saturated rings. The first-order valence-electron chi connectivity index (χ1n) is 12.0. The van der Waals surface area contributed by atoms with Crippen molar-refractivity contribution in [3.8, 4) is 5.75 Å². The predicted molar refractivity (Wildman–Crippen MR) is 146 cm³/mol. The van der Waals surface area contributed by atoms with Crippen LogP contribution in [0.15, 0.2) is 77.9 Å². The average molecular weight is 481 g/mol. The van der Waals surface area contributed by atoms with Gasteiger partial charge in [-0.1, -0.05) is 87.4 Å². The zero-order valence-corrected chi connectivity index (χ0v) is 21.9. The molecule has 4 heteroatoms. The van der Waals surface area contributed by atoms with Gasteiger partial charge in [0.25, 0.3) is 0 Å². The third-order valence-corrected chi connectivity index (χ3v) is 5.36. The van der Waals surface area contributed by atoms with Gasteiger partial charge < -0.3 is 10.2 Å². The molecule has 34 heavy (non-hydrogen) atoms. The van der Waals surface area contributed by atoms with Crippen LogP contribution < -0.4 is 0 Å². The normalized spacial score (nSPS) is 13.9. The Kier molecular flexibility index (Phi) is 12.8. The zero-order valence-electron chi connectivity index (χ0n) is 21.2. The fourth-order valence-electron chi connectivity index (χ4n) is 3.65. The number of carboxylic acids is 1. The molecule has 0 amide bonds. The number of phenols is 1. The molecular weight excluding hydrogens is 444 g/mol. The van der Waals surface area contributed by atoms with Crippen LogP contribution in [0.3, 0.4) is 0 Å². The molecule has 0 saturated carbocycles. The molecule has 0 saturated heterocycles. The van der Waals surface area contributed by atoms with E-state index in [9.17, 15) is 15.0 Å². The molecule has 1 aliphatic carbocycles. The molecule has 182 valence electrons. The van der Waals surface area contributed by atoms with Crippen LogP contribution in [0.4, 0.5) is 0 Å². The summed E-state index contributed by atoms with van der Waals surface area (Å²) in [5.41, 5.74) is 6.16. The van der Waals surface area contributed by atoms with E-state index in [1.54, 1.807) is 37.3 Å². The van der Waals surface area contributed by atoms with Crippen molar-refractivity contribution in [3.05, 3.63) is 99.6 Å². The van der Waals surface area contributed by atoms with Gasteiger partial charge in [-0.3, -0.25) is 0 Å². The summed E-state index contributed by atoms with van der Waals surface area (Å²) in [5.74, 6) is -0.802. The van der Waals surface area contributed by atoms with E-state index in [1.165, 1.54) is 0 Å². The highest BCUT2D eigenvalue weighted by Gasteiger charge is 2.18. The summed E-state index contributed by atoms with van der Waals surface area (Å²) in [7, 11) is 0. The standard InChI is InChI=1S/C26H25ClO3.2C2H6/c1-3-5-20(26(29)30)14-18-6-4-7-22(23-13-12-21(27)16-25(23)28)24(15-18)19-10-8-17(2)9-11-19;2*1-2/h3,5,8-16,28H,4,6-7H2,1-2H3,(H,29,30);2*1-2H3/b5-3-,20-14+;;. The minimum atomic E-state index is -0.949. The van der Waals surface area contributed by atoms with Crippen molar-refractivity contribution < 1.29 is 15.0 Å². The molecule has 0 aromatic heterocycles. The Morgan fingerprint density at radius 3 is 2.21 bits per heavy atom. The van der Waals surface area contributed by atoms with Crippen LogP contribution in [-0.2, 0) is 4.79 Å². The number of allylic oxidation sites excluding steroid dienone is 6. The summed E-state index contributed by atoms with van der Waals surface area (Å²) in [6, 6.07) is 13.4. The van der Waals surface area contributed by atoms with Gasteiger partial charge in [0, 0.05) is 10.6 Å². The summed E-state index contributed by atoms with van der Waals surface area (Å²) in [4.78, 5) is 11.6. The van der Waals surface area contributed by atoms with E-state index in [1.807, 2.05) is 46.8 Å². The first-order chi connectivity index (χ1) is 16.4. The highest BCUT2D eigenvalue weighted by molar-refractivity contribution is 6.30. The number of aromatic hydroxyl groups is 1. The quantitative estimate of drug-likeness (QED) is 0.331. The minimum absolute atomic E-state index is 0.148.